The standard InChI is InChI=1S/C23H29N7O4/c1-24-20-11-19(26-15-5-4-10-29(23(15)33)16-6-3-7-17(16)31)28-21-13(12-25-30(20)21)22(32)27-14-8-9-18(14)34-2/h4-5,10-12,14,16-18,24,31H,3,6-9H2,1-2H3,(H,26,28)(H,27,32)/t14-,16-,17+,18-/m1/s1. The van der Waals surface area contributed by atoms with Gasteiger partial charge in [0.25, 0.3) is 11.5 Å². The van der Waals surface area contributed by atoms with Crippen LogP contribution in [-0.4, -0.2) is 62.6 Å². The van der Waals surface area contributed by atoms with Crippen LogP contribution in [0.3, 0.4) is 0 Å². The molecule has 2 aliphatic carbocycles. The lowest BCUT2D eigenvalue weighted by Crippen LogP contribution is -2.51. The Kier molecular flexibility index (Phi) is 5.96. The molecule has 34 heavy (non-hydrogen) atoms. The second-order valence-corrected chi connectivity index (χ2v) is 8.83. The van der Waals surface area contributed by atoms with Crippen molar-refractivity contribution in [2.75, 3.05) is 24.8 Å². The molecule has 0 unspecified atom stereocenters. The average Bonchev–Trinajstić information content (AvgIpc) is 3.44. The quantitative estimate of drug-likeness (QED) is 0.412. The molecule has 4 N–H and O–H groups in total. The summed E-state index contributed by atoms with van der Waals surface area (Å²) in [5.41, 5.74) is 0.802. The molecule has 2 aliphatic rings. The molecule has 11 heteroatoms. The second-order valence-electron chi connectivity index (χ2n) is 8.83. The van der Waals surface area contributed by atoms with Crippen molar-refractivity contribution in [3.05, 3.63) is 46.5 Å². The highest BCUT2D eigenvalue weighted by atomic mass is 16.5. The summed E-state index contributed by atoms with van der Waals surface area (Å²) in [6.45, 7) is 0. The molecule has 1 amide bonds. The van der Waals surface area contributed by atoms with Gasteiger partial charge in [-0.1, -0.05) is 0 Å². The lowest BCUT2D eigenvalue weighted by atomic mass is 9.89. The van der Waals surface area contributed by atoms with E-state index in [1.165, 1.54) is 6.20 Å². The zero-order chi connectivity index (χ0) is 23.8. The van der Waals surface area contributed by atoms with Crippen LogP contribution in [0, 0.1) is 0 Å². The minimum absolute atomic E-state index is 0.0162. The topological polar surface area (TPSA) is 135 Å². The molecule has 5 rings (SSSR count). The number of ether oxygens (including phenoxy) is 1. The Balaban J connectivity index is 1.46. The number of nitrogens with zero attached hydrogens (tertiary/aromatic N) is 4. The van der Waals surface area contributed by atoms with Gasteiger partial charge in [0.2, 0.25) is 0 Å². The summed E-state index contributed by atoms with van der Waals surface area (Å²) < 4.78 is 8.50. The summed E-state index contributed by atoms with van der Waals surface area (Å²) in [4.78, 5) is 30.7. The summed E-state index contributed by atoms with van der Waals surface area (Å²) in [6.07, 6.45) is 6.80. The average molecular weight is 468 g/mol. The number of amides is 1. The molecule has 0 aliphatic heterocycles. The van der Waals surface area contributed by atoms with E-state index in [1.54, 1.807) is 47.6 Å². The number of nitrogens with one attached hydrogen (secondary N) is 3. The Hall–Kier alpha value is -3.44. The van der Waals surface area contributed by atoms with Crippen LogP contribution in [-0.2, 0) is 4.74 Å². The summed E-state index contributed by atoms with van der Waals surface area (Å²) >= 11 is 0. The fourth-order valence-electron chi connectivity index (χ4n) is 4.78. The lowest BCUT2D eigenvalue weighted by molar-refractivity contribution is 0.00732. The van der Waals surface area contributed by atoms with Gasteiger partial charge in [0, 0.05) is 26.4 Å². The van der Waals surface area contributed by atoms with Crippen LogP contribution in [0.5, 0.6) is 0 Å². The molecule has 3 aromatic rings. The zero-order valence-electron chi connectivity index (χ0n) is 19.2. The molecular formula is C23H29N7O4. The van der Waals surface area contributed by atoms with E-state index in [0.29, 0.717) is 35.0 Å². The minimum atomic E-state index is -0.528. The van der Waals surface area contributed by atoms with Crippen molar-refractivity contribution in [3.8, 4) is 0 Å². The van der Waals surface area contributed by atoms with Gasteiger partial charge < -0.3 is 30.4 Å². The molecule has 0 aromatic carbocycles. The molecule has 11 nitrogen and oxygen atoms in total. The van der Waals surface area contributed by atoms with E-state index in [1.807, 2.05) is 0 Å². The fourth-order valence-corrected chi connectivity index (χ4v) is 4.78. The van der Waals surface area contributed by atoms with E-state index in [9.17, 15) is 14.7 Å². The number of carbonyl (C=O) groups excluding carboxylic acids is 1. The first-order valence-corrected chi connectivity index (χ1v) is 11.6. The van der Waals surface area contributed by atoms with Crippen molar-refractivity contribution in [2.45, 2.75) is 56.4 Å². The number of pyridine rings is 1. The number of anilines is 3. The number of hydrogen-bond acceptors (Lipinski definition) is 8. The van der Waals surface area contributed by atoms with E-state index in [4.69, 9.17) is 4.74 Å². The summed E-state index contributed by atoms with van der Waals surface area (Å²) in [5.74, 6) is 0.727. The number of carbonyl (C=O) groups is 1. The van der Waals surface area contributed by atoms with Gasteiger partial charge in [-0.3, -0.25) is 9.59 Å². The molecule has 4 atom stereocenters. The van der Waals surface area contributed by atoms with Crippen molar-refractivity contribution in [2.24, 2.45) is 0 Å². The van der Waals surface area contributed by atoms with Gasteiger partial charge in [-0.2, -0.15) is 9.61 Å². The van der Waals surface area contributed by atoms with Gasteiger partial charge in [-0.05, 0) is 44.2 Å². The molecule has 2 fully saturated rings. The number of aromatic nitrogens is 4. The number of methoxy groups -OCH3 is 1. The van der Waals surface area contributed by atoms with Crippen LogP contribution < -0.4 is 21.5 Å². The Morgan fingerprint density at radius 3 is 2.79 bits per heavy atom. The number of aliphatic hydroxyl groups is 1. The van der Waals surface area contributed by atoms with Crippen molar-refractivity contribution in [1.29, 1.82) is 0 Å². The van der Waals surface area contributed by atoms with E-state index in [-0.39, 0.29) is 29.7 Å². The highest BCUT2D eigenvalue weighted by molar-refractivity contribution is 6.00. The van der Waals surface area contributed by atoms with Crippen LogP contribution in [0.15, 0.2) is 35.4 Å². The van der Waals surface area contributed by atoms with Crippen molar-refractivity contribution >= 4 is 28.9 Å². The molecular weight excluding hydrogens is 438 g/mol. The molecule has 0 spiro atoms. The first-order valence-electron chi connectivity index (χ1n) is 11.6. The predicted molar refractivity (Wildman–Crippen MR) is 127 cm³/mol. The molecule has 0 radical (unpaired) electrons. The highest BCUT2D eigenvalue weighted by Crippen LogP contribution is 2.29. The maximum absolute atomic E-state index is 13.1. The molecule has 0 saturated heterocycles. The smallest absolute Gasteiger partial charge is 0.274 e. The summed E-state index contributed by atoms with van der Waals surface area (Å²) in [7, 11) is 3.39. The Morgan fingerprint density at radius 2 is 2.12 bits per heavy atom. The van der Waals surface area contributed by atoms with E-state index in [2.05, 4.69) is 26.0 Å². The number of hydrogen-bond donors (Lipinski definition) is 4. The van der Waals surface area contributed by atoms with E-state index in [0.717, 1.165) is 25.7 Å². The normalized spacial score (nSPS) is 24.1. The van der Waals surface area contributed by atoms with E-state index < -0.39 is 6.10 Å². The van der Waals surface area contributed by atoms with Crippen LogP contribution in [0.4, 0.5) is 17.3 Å². The zero-order valence-corrected chi connectivity index (χ0v) is 19.2. The summed E-state index contributed by atoms with van der Waals surface area (Å²) in [6, 6.07) is 4.90. The predicted octanol–water partition coefficient (Wildman–Crippen LogP) is 1.67. The van der Waals surface area contributed by atoms with Crippen molar-refractivity contribution in [3.63, 3.8) is 0 Å². The third-order valence-corrected chi connectivity index (χ3v) is 6.84. The number of fused-ring (bicyclic) bond motifs is 1. The van der Waals surface area contributed by atoms with Gasteiger partial charge in [0.15, 0.2) is 5.65 Å². The summed E-state index contributed by atoms with van der Waals surface area (Å²) in [5, 5.41) is 23.7. The van der Waals surface area contributed by atoms with Crippen LogP contribution in [0.1, 0.15) is 48.5 Å². The first kappa shape index (κ1) is 22.4. The third kappa shape index (κ3) is 3.90. The van der Waals surface area contributed by atoms with Crippen LogP contribution >= 0.6 is 0 Å². The second kappa shape index (κ2) is 9.07. The molecule has 3 aromatic heterocycles. The van der Waals surface area contributed by atoms with Crippen molar-refractivity contribution in [1.82, 2.24) is 24.5 Å². The molecule has 0 bridgehead atoms. The monoisotopic (exact) mass is 467 g/mol. The highest BCUT2D eigenvalue weighted by Gasteiger charge is 2.33. The third-order valence-electron chi connectivity index (χ3n) is 6.84. The van der Waals surface area contributed by atoms with Gasteiger partial charge in [-0.15, -0.1) is 0 Å². The van der Waals surface area contributed by atoms with Gasteiger partial charge in [0.05, 0.1) is 30.5 Å². The maximum Gasteiger partial charge on any atom is 0.274 e. The fraction of sp³-hybridized carbons (Fsp3) is 0.478. The first-order chi connectivity index (χ1) is 16.5. The largest absolute Gasteiger partial charge is 0.391 e. The number of aliphatic hydroxyl groups excluding tert-OH is 1. The minimum Gasteiger partial charge on any atom is -0.391 e. The SMILES string of the molecule is CNc1cc(Nc2cccn([C@@H]3CCC[C@@H]3O)c2=O)nc2c(C(=O)N[C@@H]3CC[C@H]3OC)cnn12. The molecule has 3 heterocycles. The number of rotatable bonds is 7. The molecule has 180 valence electrons. The van der Waals surface area contributed by atoms with Crippen LogP contribution in [0.2, 0.25) is 0 Å². The molecule has 2 saturated carbocycles. The van der Waals surface area contributed by atoms with Crippen molar-refractivity contribution < 1.29 is 14.6 Å². The van der Waals surface area contributed by atoms with Crippen LogP contribution in [0.25, 0.3) is 5.65 Å². The van der Waals surface area contributed by atoms with Gasteiger partial charge in [0.1, 0.15) is 22.9 Å². The van der Waals surface area contributed by atoms with Gasteiger partial charge >= 0.3 is 0 Å². The van der Waals surface area contributed by atoms with E-state index >= 15 is 0 Å². The Bertz CT molecular complexity index is 1270. The Morgan fingerprint density at radius 1 is 1.26 bits per heavy atom. The maximum atomic E-state index is 13.1. The Labute approximate surface area is 196 Å². The van der Waals surface area contributed by atoms with Gasteiger partial charge in [-0.25, -0.2) is 4.98 Å². The lowest BCUT2D eigenvalue weighted by Gasteiger charge is -2.35.